The number of hydrogen-bond acceptors (Lipinski definition) is 3. The van der Waals surface area contributed by atoms with Crippen molar-refractivity contribution in [3.63, 3.8) is 0 Å². The predicted octanol–water partition coefficient (Wildman–Crippen LogP) is 6.26. The van der Waals surface area contributed by atoms with Gasteiger partial charge < -0.3 is 4.57 Å². The molecule has 31 heavy (non-hydrogen) atoms. The number of nitrogens with zero attached hydrogens (tertiary/aromatic N) is 4. The highest BCUT2D eigenvalue weighted by Gasteiger charge is 2.23. The molecule has 0 aliphatic heterocycles. The van der Waals surface area contributed by atoms with E-state index >= 15 is 0 Å². The van der Waals surface area contributed by atoms with Gasteiger partial charge in [-0.2, -0.15) is 9.78 Å². The van der Waals surface area contributed by atoms with Crippen molar-refractivity contribution in [3.05, 3.63) is 61.9 Å². The van der Waals surface area contributed by atoms with Gasteiger partial charge in [0.2, 0.25) is 0 Å². The number of halogens is 1. The predicted molar refractivity (Wildman–Crippen MR) is 131 cm³/mol. The fourth-order valence-corrected chi connectivity index (χ4v) is 5.06. The van der Waals surface area contributed by atoms with Crippen LogP contribution in [-0.4, -0.2) is 20.4 Å². The maximum Gasteiger partial charge on any atom is 0.282 e. The van der Waals surface area contributed by atoms with Crippen molar-refractivity contribution in [3.8, 4) is 0 Å². The highest BCUT2D eigenvalue weighted by Crippen LogP contribution is 2.32. The zero-order valence-electron chi connectivity index (χ0n) is 19.1. The summed E-state index contributed by atoms with van der Waals surface area (Å²) in [4.78, 5) is 18.2. The number of aryl methyl sites for hydroxylation is 1. The van der Waals surface area contributed by atoms with Gasteiger partial charge in [-0.25, -0.2) is 4.98 Å². The van der Waals surface area contributed by atoms with Crippen molar-refractivity contribution in [1.29, 1.82) is 0 Å². The van der Waals surface area contributed by atoms with Crippen LogP contribution in [0.4, 0.5) is 0 Å². The molecule has 6 heteroatoms. The molecule has 1 aliphatic carbocycles. The van der Waals surface area contributed by atoms with E-state index in [2.05, 4.69) is 66.3 Å². The molecule has 1 saturated carbocycles. The zero-order valence-corrected chi connectivity index (χ0v) is 20.7. The van der Waals surface area contributed by atoms with Gasteiger partial charge in [-0.05, 0) is 51.0 Å². The SMILES string of the molecule is Cc1cc(C=Nn2c(C(C)(C)C)nc3ccc(Br)cc3c2=O)c(C)n1C1CCCCC1. The Morgan fingerprint density at radius 2 is 1.84 bits per heavy atom. The molecule has 1 aromatic carbocycles. The first-order valence-corrected chi connectivity index (χ1v) is 11.9. The zero-order chi connectivity index (χ0) is 22.3. The molecule has 4 rings (SSSR count). The fourth-order valence-electron chi connectivity index (χ4n) is 4.70. The summed E-state index contributed by atoms with van der Waals surface area (Å²) in [5.41, 5.74) is 3.76. The third-order valence-corrected chi connectivity index (χ3v) is 6.75. The Balaban J connectivity index is 1.81. The van der Waals surface area contributed by atoms with Gasteiger partial charge in [0.15, 0.2) is 0 Å². The lowest BCUT2D eigenvalue weighted by molar-refractivity contribution is 0.346. The van der Waals surface area contributed by atoms with Crippen LogP contribution in [-0.2, 0) is 5.41 Å². The summed E-state index contributed by atoms with van der Waals surface area (Å²) in [6, 6.07) is 8.36. The van der Waals surface area contributed by atoms with Gasteiger partial charge in [-0.3, -0.25) is 4.79 Å². The van der Waals surface area contributed by atoms with Crippen molar-refractivity contribution in [2.45, 2.75) is 78.2 Å². The Morgan fingerprint density at radius 3 is 2.52 bits per heavy atom. The van der Waals surface area contributed by atoms with Gasteiger partial charge in [-0.15, -0.1) is 0 Å². The molecule has 2 aromatic heterocycles. The molecular formula is C25H31BrN4O. The molecule has 3 aromatic rings. The summed E-state index contributed by atoms with van der Waals surface area (Å²) in [7, 11) is 0. The van der Waals surface area contributed by atoms with Crippen LogP contribution in [0, 0.1) is 13.8 Å². The molecule has 0 unspecified atom stereocenters. The summed E-state index contributed by atoms with van der Waals surface area (Å²) in [6.07, 6.45) is 8.24. The summed E-state index contributed by atoms with van der Waals surface area (Å²) < 4.78 is 4.79. The minimum absolute atomic E-state index is 0.145. The van der Waals surface area contributed by atoms with E-state index in [1.807, 2.05) is 24.4 Å². The molecule has 1 fully saturated rings. The Bertz CT molecular complexity index is 1210. The van der Waals surface area contributed by atoms with Gasteiger partial charge in [0.25, 0.3) is 5.56 Å². The first kappa shape index (κ1) is 22.0. The van der Waals surface area contributed by atoms with Crippen LogP contribution in [0.2, 0.25) is 0 Å². The number of benzene rings is 1. The molecule has 0 amide bonds. The lowest BCUT2D eigenvalue weighted by atomic mass is 9.95. The van der Waals surface area contributed by atoms with Gasteiger partial charge in [0.05, 0.1) is 17.1 Å². The number of hydrogen-bond donors (Lipinski definition) is 0. The molecule has 5 nitrogen and oxygen atoms in total. The fraction of sp³-hybridized carbons (Fsp3) is 0.480. The summed E-state index contributed by atoms with van der Waals surface area (Å²) >= 11 is 3.47. The maximum atomic E-state index is 13.4. The van der Waals surface area contributed by atoms with Crippen molar-refractivity contribution in [2.75, 3.05) is 0 Å². The van der Waals surface area contributed by atoms with E-state index in [9.17, 15) is 4.79 Å². The molecule has 0 bridgehead atoms. The van der Waals surface area contributed by atoms with E-state index in [0.717, 1.165) is 10.0 Å². The van der Waals surface area contributed by atoms with E-state index < -0.39 is 0 Å². The van der Waals surface area contributed by atoms with Gasteiger partial charge >= 0.3 is 0 Å². The average Bonchev–Trinajstić information content (AvgIpc) is 3.00. The van der Waals surface area contributed by atoms with Crippen LogP contribution in [0.15, 0.2) is 38.6 Å². The van der Waals surface area contributed by atoms with Gasteiger partial charge in [0, 0.05) is 32.9 Å². The summed E-state index contributed by atoms with van der Waals surface area (Å²) in [6.45, 7) is 10.5. The van der Waals surface area contributed by atoms with E-state index in [0.29, 0.717) is 22.8 Å². The monoisotopic (exact) mass is 482 g/mol. The lowest BCUT2D eigenvalue weighted by Gasteiger charge is -2.26. The third-order valence-electron chi connectivity index (χ3n) is 6.25. The maximum absolute atomic E-state index is 13.4. The van der Waals surface area contributed by atoms with Crippen LogP contribution in [0.1, 0.15) is 81.7 Å². The second-order valence-electron chi connectivity index (χ2n) is 9.70. The molecule has 0 radical (unpaired) electrons. The third kappa shape index (κ3) is 4.27. The van der Waals surface area contributed by atoms with Crippen LogP contribution in [0.25, 0.3) is 10.9 Å². The lowest BCUT2D eigenvalue weighted by Crippen LogP contribution is -2.29. The van der Waals surface area contributed by atoms with Crippen molar-refractivity contribution in [1.82, 2.24) is 14.2 Å². The Kier molecular flexibility index (Phi) is 5.95. The quantitative estimate of drug-likeness (QED) is 0.413. The van der Waals surface area contributed by atoms with E-state index in [4.69, 9.17) is 4.98 Å². The van der Waals surface area contributed by atoms with E-state index in [-0.39, 0.29) is 11.0 Å². The second-order valence-corrected chi connectivity index (χ2v) is 10.6. The number of rotatable bonds is 3. The minimum atomic E-state index is -0.323. The van der Waals surface area contributed by atoms with Crippen molar-refractivity contribution in [2.24, 2.45) is 5.10 Å². The van der Waals surface area contributed by atoms with Gasteiger partial charge in [-0.1, -0.05) is 56.0 Å². The van der Waals surface area contributed by atoms with E-state index in [1.54, 1.807) is 0 Å². The smallest absolute Gasteiger partial charge is 0.282 e. The van der Waals surface area contributed by atoms with Crippen LogP contribution in [0.3, 0.4) is 0 Å². The molecule has 0 saturated heterocycles. The summed E-state index contributed by atoms with van der Waals surface area (Å²) in [5, 5.41) is 5.23. The molecular weight excluding hydrogens is 452 g/mol. The van der Waals surface area contributed by atoms with Crippen molar-refractivity contribution < 1.29 is 0 Å². The van der Waals surface area contributed by atoms with Crippen molar-refractivity contribution >= 4 is 33.0 Å². The number of aromatic nitrogens is 3. The first-order chi connectivity index (χ1) is 14.7. The van der Waals surface area contributed by atoms with E-state index in [1.165, 1.54) is 48.2 Å². The summed E-state index contributed by atoms with van der Waals surface area (Å²) in [5.74, 6) is 0.657. The number of fused-ring (bicyclic) bond motifs is 1. The topological polar surface area (TPSA) is 52.2 Å². The Hall–Kier alpha value is -2.21. The molecule has 1 aliphatic rings. The van der Waals surface area contributed by atoms with Crippen LogP contribution in [0.5, 0.6) is 0 Å². The van der Waals surface area contributed by atoms with Crippen LogP contribution < -0.4 is 5.56 Å². The largest absolute Gasteiger partial charge is 0.345 e. The standard InChI is InChI=1S/C25H31BrN4O/c1-16-13-18(17(2)29(16)20-9-7-6-8-10-20)15-27-30-23(31)21-14-19(26)11-12-22(21)28-24(30)25(3,4)5/h11-15,20H,6-10H2,1-5H3. The second kappa shape index (κ2) is 8.38. The highest BCUT2D eigenvalue weighted by molar-refractivity contribution is 9.10. The van der Waals surface area contributed by atoms with Gasteiger partial charge in [0.1, 0.15) is 5.82 Å². The molecule has 2 heterocycles. The minimum Gasteiger partial charge on any atom is -0.345 e. The molecule has 0 atom stereocenters. The molecule has 164 valence electrons. The average molecular weight is 483 g/mol. The molecule has 0 spiro atoms. The normalized spacial score (nSPS) is 15.9. The Morgan fingerprint density at radius 1 is 1.13 bits per heavy atom. The Labute approximate surface area is 192 Å². The molecule has 0 N–H and O–H groups in total. The van der Waals surface area contributed by atoms with Crippen LogP contribution >= 0.6 is 15.9 Å². The highest BCUT2D eigenvalue weighted by atomic mass is 79.9. The first-order valence-electron chi connectivity index (χ1n) is 11.1.